The lowest BCUT2D eigenvalue weighted by Gasteiger charge is -2.31. The Morgan fingerprint density at radius 3 is 3.11 bits per heavy atom. The highest BCUT2D eigenvalue weighted by Gasteiger charge is 2.26. The van der Waals surface area contributed by atoms with E-state index in [1.807, 2.05) is 33.3 Å². The van der Waals surface area contributed by atoms with Crippen LogP contribution >= 0.6 is 22.7 Å². The van der Waals surface area contributed by atoms with Crippen LogP contribution < -0.4 is 0 Å². The number of thiophene rings is 1. The van der Waals surface area contributed by atoms with Gasteiger partial charge >= 0.3 is 0 Å². The molecule has 2 aromatic rings. The summed E-state index contributed by atoms with van der Waals surface area (Å²) in [6.07, 6.45) is 4.06. The maximum atomic E-state index is 12.3. The SMILES string of the molecule is O=C(c1ccsc1)N1CCC[C@H](c2nccs2)C1. The molecule has 3 nitrogen and oxygen atoms in total. The van der Waals surface area contributed by atoms with Crippen LogP contribution in [-0.4, -0.2) is 28.9 Å². The van der Waals surface area contributed by atoms with Gasteiger partial charge in [-0.05, 0) is 24.3 Å². The molecular formula is C13H14N2OS2. The van der Waals surface area contributed by atoms with Gasteiger partial charge in [-0.25, -0.2) is 4.98 Å². The predicted octanol–water partition coefficient (Wildman–Crippen LogP) is 3.22. The minimum atomic E-state index is 0.164. The van der Waals surface area contributed by atoms with E-state index in [9.17, 15) is 4.79 Å². The highest BCUT2D eigenvalue weighted by Crippen LogP contribution is 2.29. The molecule has 1 aliphatic rings. The molecule has 18 heavy (non-hydrogen) atoms. The van der Waals surface area contributed by atoms with Crippen molar-refractivity contribution in [1.29, 1.82) is 0 Å². The minimum Gasteiger partial charge on any atom is -0.338 e. The van der Waals surface area contributed by atoms with Gasteiger partial charge < -0.3 is 4.90 Å². The molecule has 2 aromatic heterocycles. The van der Waals surface area contributed by atoms with Crippen LogP contribution in [0.1, 0.15) is 34.1 Å². The second-order valence-corrected chi connectivity index (χ2v) is 6.18. The number of hydrogen-bond donors (Lipinski definition) is 0. The van der Waals surface area contributed by atoms with Crippen LogP contribution in [0.5, 0.6) is 0 Å². The summed E-state index contributed by atoms with van der Waals surface area (Å²) < 4.78 is 0. The van der Waals surface area contributed by atoms with Gasteiger partial charge in [-0.2, -0.15) is 11.3 Å². The van der Waals surface area contributed by atoms with E-state index in [2.05, 4.69) is 4.98 Å². The summed E-state index contributed by atoms with van der Waals surface area (Å²) in [6, 6.07) is 1.90. The normalized spacial score (nSPS) is 20.0. The molecule has 1 aliphatic heterocycles. The summed E-state index contributed by atoms with van der Waals surface area (Å²) in [7, 11) is 0. The number of carbonyl (C=O) groups excluding carboxylic acids is 1. The van der Waals surface area contributed by atoms with Gasteiger partial charge in [0.25, 0.3) is 5.91 Å². The van der Waals surface area contributed by atoms with Crippen molar-refractivity contribution in [3.63, 3.8) is 0 Å². The Kier molecular flexibility index (Phi) is 3.43. The predicted molar refractivity (Wildman–Crippen MR) is 74.3 cm³/mol. The summed E-state index contributed by atoms with van der Waals surface area (Å²) in [5.41, 5.74) is 0.819. The van der Waals surface area contributed by atoms with E-state index in [-0.39, 0.29) is 5.91 Å². The second kappa shape index (κ2) is 5.20. The third kappa shape index (κ3) is 2.33. The van der Waals surface area contributed by atoms with E-state index >= 15 is 0 Å². The molecule has 0 unspecified atom stereocenters. The van der Waals surface area contributed by atoms with Gasteiger partial charge in [0.15, 0.2) is 0 Å². The summed E-state index contributed by atoms with van der Waals surface area (Å²) >= 11 is 3.27. The van der Waals surface area contributed by atoms with Crippen molar-refractivity contribution in [3.05, 3.63) is 39.0 Å². The summed E-state index contributed by atoms with van der Waals surface area (Å²) in [4.78, 5) is 18.6. The zero-order valence-corrected chi connectivity index (χ0v) is 11.5. The second-order valence-electron chi connectivity index (χ2n) is 4.47. The topological polar surface area (TPSA) is 33.2 Å². The number of aromatic nitrogens is 1. The molecule has 0 aliphatic carbocycles. The van der Waals surface area contributed by atoms with Crippen molar-refractivity contribution in [3.8, 4) is 0 Å². The van der Waals surface area contributed by atoms with Gasteiger partial charge in [-0.15, -0.1) is 11.3 Å². The third-order valence-electron chi connectivity index (χ3n) is 3.28. The van der Waals surface area contributed by atoms with Gasteiger partial charge in [-0.1, -0.05) is 0 Å². The molecule has 1 amide bonds. The van der Waals surface area contributed by atoms with Crippen molar-refractivity contribution in [2.24, 2.45) is 0 Å². The van der Waals surface area contributed by atoms with Gasteiger partial charge in [0.1, 0.15) is 0 Å². The molecule has 0 bridgehead atoms. The summed E-state index contributed by atoms with van der Waals surface area (Å²) in [5.74, 6) is 0.582. The molecule has 0 spiro atoms. The minimum absolute atomic E-state index is 0.164. The fraction of sp³-hybridized carbons (Fsp3) is 0.385. The molecule has 3 heterocycles. The molecule has 0 radical (unpaired) electrons. The monoisotopic (exact) mass is 278 g/mol. The van der Waals surface area contributed by atoms with E-state index in [1.54, 1.807) is 22.7 Å². The lowest BCUT2D eigenvalue weighted by Crippen LogP contribution is -2.38. The molecule has 0 saturated carbocycles. The Hall–Kier alpha value is -1.20. The molecular weight excluding hydrogens is 264 g/mol. The highest BCUT2D eigenvalue weighted by atomic mass is 32.1. The number of piperidine rings is 1. The van der Waals surface area contributed by atoms with E-state index in [0.717, 1.165) is 36.5 Å². The van der Waals surface area contributed by atoms with Crippen LogP contribution in [-0.2, 0) is 0 Å². The van der Waals surface area contributed by atoms with Crippen LogP contribution in [0.2, 0.25) is 0 Å². The smallest absolute Gasteiger partial charge is 0.254 e. The first-order valence-electron chi connectivity index (χ1n) is 6.05. The number of carbonyl (C=O) groups is 1. The number of hydrogen-bond acceptors (Lipinski definition) is 4. The maximum Gasteiger partial charge on any atom is 0.254 e. The Labute approximate surface area is 114 Å². The lowest BCUT2D eigenvalue weighted by molar-refractivity contribution is 0.0707. The van der Waals surface area contributed by atoms with Crippen LogP contribution in [0, 0.1) is 0 Å². The van der Waals surface area contributed by atoms with Crippen LogP contribution in [0.3, 0.4) is 0 Å². The van der Waals surface area contributed by atoms with Crippen molar-refractivity contribution >= 4 is 28.6 Å². The summed E-state index contributed by atoms with van der Waals surface area (Å²) in [5, 5.41) is 7.05. The molecule has 1 atom stereocenters. The number of rotatable bonds is 2. The van der Waals surface area contributed by atoms with Crippen molar-refractivity contribution in [2.45, 2.75) is 18.8 Å². The van der Waals surface area contributed by atoms with Crippen LogP contribution in [0.4, 0.5) is 0 Å². The van der Waals surface area contributed by atoms with Gasteiger partial charge in [0.2, 0.25) is 0 Å². The molecule has 1 fully saturated rings. The van der Waals surface area contributed by atoms with Crippen molar-refractivity contribution in [2.75, 3.05) is 13.1 Å². The molecule has 5 heteroatoms. The molecule has 3 rings (SSSR count). The van der Waals surface area contributed by atoms with Crippen LogP contribution in [0.15, 0.2) is 28.4 Å². The van der Waals surface area contributed by atoms with Gasteiger partial charge in [-0.3, -0.25) is 4.79 Å². The number of nitrogens with zero attached hydrogens (tertiary/aromatic N) is 2. The zero-order valence-electron chi connectivity index (χ0n) is 9.91. The van der Waals surface area contributed by atoms with Crippen molar-refractivity contribution in [1.82, 2.24) is 9.88 Å². The van der Waals surface area contributed by atoms with E-state index in [1.165, 1.54) is 0 Å². The fourth-order valence-corrected chi connectivity index (χ4v) is 3.77. The highest BCUT2D eigenvalue weighted by molar-refractivity contribution is 7.09. The quantitative estimate of drug-likeness (QED) is 0.845. The molecule has 94 valence electrons. The Bertz CT molecular complexity index is 507. The maximum absolute atomic E-state index is 12.3. The first kappa shape index (κ1) is 11.9. The first-order chi connectivity index (χ1) is 8.84. The third-order valence-corrected chi connectivity index (χ3v) is 4.90. The van der Waals surface area contributed by atoms with Crippen LogP contribution in [0.25, 0.3) is 0 Å². The Morgan fingerprint density at radius 1 is 1.44 bits per heavy atom. The summed E-state index contributed by atoms with van der Waals surface area (Å²) in [6.45, 7) is 1.68. The van der Waals surface area contributed by atoms with E-state index in [4.69, 9.17) is 0 Å². The van der Waals surface area contributed by atoms with E-state index < -0.39 is 0 Å². The zero-order chi connectivity index (χ0) is 12.4. The largest absolute Gasteiger partial charge is 0.338 e. The van der Waals surface area contributed by atoms with Gasteiger partial charge in [0, 0.05) is 36.0 Å². The Balaban J connectivity index is 1.73. The average Bonchev–Trinajstić information content (AvgIpc) is 3.11. The number of amides is 1. The number of thiazole rings is 1. The van der Waals surface area contributed by atoms with Crippen molar-refractivity contribution < 1.29 is 4.79 Å². The standard InChI is InChI=1S/C13H14N2OS2/c16-13(11-3-6-17-9-11)15-5-1-2-10(8-15)12-14-4-7-18-12/h3-4,6-7,9-10H,1-2,5,8H2/t10-/m0/s1. The average molecular weight is 278 g/mol. The number of likely N-dealkylation sites (tertiary alicyclic amines) is 1. The first-order valence-corrected chi connectivity index (χ1v) is 7.87. The van der Waals surface area contributed by atoms with E-state index in [0.29, 0.717) is 5.92 Å². The fourth-order valence-electron chi connectivity index (χ4n) is 2.37. The van der Waals surface area contributed by atoms with Gasteiger partial charge in [0.05, 0.1) is 10.6 Å². The molecule has 0 N–H and O–H groups in total. The Morgan fingerprint density at radius 2 is 2.39 bits per heavy atom. The lowest BCUT2D eigenvalue weighted by atomic mass is 9.98. The molecule has 0 aromatic carbocycles. The molecule has 1 saturated heterocycles.